The van der Waals surface area contributed by atoms with E-state index in [1.54, 1.807) is 12.4 Å². The number of amides is 1. The molecule has 0 saturated carbocycles. The highest BCUT2D eigenvalue weighted by molar-refractivity contribution is 7.14. The SMILES string of the molecule is CCCCCCCOc1ccc(-c2cnc(-c3ccc(C[C@H](CC(=O)c4cc5c(s4)CCC(C)C5)C(=O)N[C@H](C)C(=O)O)cc3)nc2)cc1. The summed E-state index contributed by atoms with van der Waals surface area (Å²) >= 11 is 1.53. The Kier molecular flexibility index (Phi) is 12.7. The number of ether oxygens (including phenoxy) is 1. The minimum absolute atomic E-state index is 0.00555. The van der Waals surface area contributed by atoms with Crippen LogP contribution in [0.3, 0.4) is 0 Å². The number of nitrogens with zero attached hydrogens (tertiary/aromatic N) is 2. The molecule has 2 heterocycles. The number of aromatic nitrogens is 2. The number of carbonyl (C=O) groups excluding carboxylic acids is 2. The summed E-state index contributed by atoms with van der Waals surface area (Å²) in [7, 11) is 0. The van der Waals surface area contributed by atoms with Gasteiger partial charge in [-0.2, -0.15) is 0 Å². The minimum atomic E-state index is -1.12. The van der Waals surface area contributed by atoms with Crippen molar-refractivity contribution in [3.8, 4) is 28.3 Å². The lowest BCUT2D eigenvalue weighted by Crippen LogP contribution is -2.42. The van der Waals surface area contributed by atoms with E-state index >= 15 is 0 Å². The number of unbranched alkanes of at least 4 members (excludes halogenated alkanes) is 4. The Morgan fingerprint density at radius 3 is 2.35 bits per heavy atom. The van der Waals surface area contributed by atoms with E-state index in [4.69, 9.17) is 4.74 Å². The molecule has 0 bridgehead atoms. The van der Waals surface area contributed by atoms with Gasteiger partial charge in [0, 0.05) is 40.7 Å². The van der Waals surface area contributed by atoms with Crippen molar-refractivity contribution in [3.05, 3.63) is 87.9 Å². The minimum Gasteiger partial charge on any atom is -0.494 e. The standard InChI is InChI=1S/C40H47N3O5S/c1-4-5-6-7-8-19-48-34-16-14-29(15-17-34)33-24-41-38(42-25-33)30-12-10-28(11-13-30)21-32(39(45)43-27(3)40(46)47)22-35(44)37-23-31-20-26(2)9-18-36(31)49-37/h10-17,23-27,32H,4-9,18-22H2,1-3H3,(H,43,45)(H,46,47)/t26?,27-,32-/m1/s1. The number of fused-ring (bicyclic) bond motifs is 1. The molecular formula is C40H47N3O5S. The first kappa shape index (κ1) is 35.9. The van der Waals surface area contributed by atoms with E-state index in [0.29, 0.717) is 23.0 Å². The quantitative estimate of drug-likeness (QED) is 0.0849. The van der Waals surface area contributed by atoms with Gasteiger partial charge in [-0.05, 0) is 79.8 Å². The fourth-order valence-corrected chi connectivity index (χ4v) is 7.32. The predicted octanol–water partition coefficient (Wildman–Crippen LogP) is 8.37. The lowest BCUT2D eigenvalue weighted by Gasteiger charge is -2.18. The second kappa shape index (κ2) is 17.3. The van der Waals surface area contributed by atoms with E-state index in [0.717, 1.165) is 60.3 Å². The Morgan fingerprint density at radius 2 is 1.65 bits per heavy atom. The number of rotatable bonds is 17. The van der Waals surface area contributed by atoms with Gasteiger partial charge >= 0.3 is 5.97 Å². The van der Waals surface area contributed by atoms with Crippen molar-refractivity contribution >= 4 is 29.0 Å². The third kappa shape index (κ3) is 10.1. The molecule has 2 aromatic heterocycles. The van der Waals surface area contributed by atoms with Crippen molar-refractivity contribution in [2.24, 2.45) is 11.8 Å². The summed E-state index contributed by atoms with van der Waals surface area (Å²) in [5.74, 6) is -0.325. The summed E-state index contributed by atoms with van der Waals surface area (Å²) in [6.45, 7) is 6.60. The highest BCUT2D eigenvalue weighted by Crippen LogP contribution is 2.33. The summed E-state index contributed by atoms with van der Waals surface area (Å²) in [5.41, 5.74) is 4.84. The maximum Gasteiger partial charge on any atom is 0.325 e. The van der Waals surface area contributed by atoms with E-state index in [2.05, 4.69) is 29.1 Å². The van der Waals surface area contributed by atoms with Gasteiger partial charge in [-0.15, -0.1) is 11.3 Å². The van der Waals surface area contributed by atoms with Crippen LogP contribution in [-0.2, 0) is 28.9 Å². The zero-order chi connectivity index (χ0) is 34.8. The fraction of sp³-hybridized carbons (Fsp3) is 0.425. The first-order chi connectivity index (χ1) is 23.7. The van der Waals surface area contributed by atoms with Crippen LogP contribution in [0.2, 0.25) is 0 Å². The molecule has 2 aromatic carbocycles. The number of aliphatic carboxylic acids is 1. The number of nitrogens with one attached hydrogen (secondary N) is 1. The maximum atomic E-state index is 13.4. The molecule has 1 aliphatic carbocycles. The Balaban J connectivity index is 1.21. The van der Waals surface area contributed by atoms with Crippen LogP contribution < -0.4 is 10.1 Å². The molecule has 2 N–H and O–H groups in total. The van der Waals surface area contributed by atoms with Gasteiger partial charge < -0.3 is 15.2 Å². The molecule has 0 radical (unpaired) electrons. The summed E-state index contributed by atoms with van der Waals surface area (Å²) in [6.07, 6.45) is 13.0. The first-order valence-corrected chi connectivity index (χ1v) is 18.3. The zero-order valence-corrected chi connectivity index (χ0v) is 29.6. The second-order valence-electron chi connectivity index (χ2n) is 13.3. The van der Waals surface area contributed by atoms with E-state index in [1.165, 1.54) is 54.4 Å². The van der Waals surface area contributed by atoms with E-state index in [9.17, 15) is 19.5 Å². The van der Waals surface area contributed by atoms with Crippen LogP contribution in [0.25, 0.3) is 22.5 Å². The van der Waals surface area contributed by atoms with Crippen LogP contribution in [0, 0.1) is 11.8 Å². The summed E-state index contributed by atoms with van der Waals surface area (Å²) in [6, 6.07) is 16.6. The molecule has 3 atom stereocenters. The largest absolute Gasteiger partial charge is 0.494 e. The molecule has 49 heavy (non-hydrogen) atoms. The van der Waals surface area contributed by atoms with Crippen molar-refractivity contribution in [2.45, 2.75) is 91.0 Å². The second-order valence-corrected chi connectivity index (χ2v) is 14.4. The molecular weight excluding hydrogens is 635 g/mol. The Morgan fingerprint density at radius 1 is 0.959 bits per heavy atom. The number of Topliss-reactive ketones (excluding diaryl/α,β-unsaturated/α-hetero) is 1. The highest BCUT2D eigenvalue weighted by Gasteiger charge is 2.28. The van der Waals surface area contributed by atoms with Crippen LogP contribution in [0.5, 0.6) is 5.75 Å². The van der Waals surface area contributed by atoms with E-state index in [-0.39, 0.29) is 12.2 Å². The van der Waals surface area contributed by atoms with Crippen molar-refractivity contribution in [2.75, 3.05) is 6.61 Å². The van der Waals surface area contributed by atoms with Gasteiger partial charge in [0.25, 0.3) is 0 Å². The van der Waals surface area contributed by atoms with E-state index in [1.807, 2.05) is 54.6 Å². The van der Waals surface area contributed by atoms with Gasteiger partial charge in [-0.25, -0.2) is 9.97 Å². The van der Waals surface area contributed by atoms with Crippen LogP contribution in [0.4, 0.5) is 0 Å². The van der Waals surface area contributed by atoms with Gasteiger partial charge in [0.05, 0.1) is 11.5 Å². The smallest absolute Gasteiger partial charge is 0.325 e. The summed E-state index contributed by atoms with van der Waals surface area (Å²) in [5, 5.41) is 11.9. The molecule has 4 aromatic rings. The number of hydrogen-bond acceptors (Lipinski definition) is 7. The molecule has 5 rings (SSSR count). The topological polar surface area (TPSA) is 118 Å². The number of ketones is 1. The molecule has 0 spiro atoms. The third-order valence-corrected chi connectivity index (χ3v) is 10.5. The fourth-order valence-electron chi connectivity index (χ4n) is 6.16. The summed E-state index contributed by atoms with van der Waals surface area (Å²) < 4.78 is 5.89. The number of carbonyl (C=O) groups is 3. The van der Waals surface area contributed by atoms with Crippen LogP contribution in [0.1, 0.15) is 91.4 Å². The Labute approximate surface area is 293 Å². The number of carboxylic acids is 1. The van der Waals surface area contributed by atoms with Gasteiger partial charge in [-0.3, -0.25) is 14.4 Å². The molecule has 9 heteroatoms. The van der Waals surface area contributed by atoms with Crippen molar-refractivity contribution in [3.63, 3.8) is 0 Å². The lowest BCUT2D eigenvalue weighted by atomic mass is 9.89. The molecule has 1 aliphatic rings. The molecule has 1 amide bonds. The van der Waals surface area contributed by atoms with Gasteiger partial charge in [0.15, 0.2) is 11.6 Å². The van der Waals surface area contributed by atoms with Crippen LogP contribution in [-0.4, -0.2) is 45.4 Å². The Hall–Kier alpha value is -4.37. The molecule has 0 aliphatic heterocycles. The lowest BCUT2D eigenvalue weighted by molar-refractivity contribution is -0.141. The molecule has 0 saturated heterocycles. The first-order valence-electron chi connectivity index (χ1n) is 17.5. The van der Waals surface area contributed by atoms with Gasteiger partial charge in [0.2, 0.25) is 5.91 Å². The number of benzene rings is 2. The number of aryl methyl sites for hydroxylation is 1. The Bertz CT molecular complexity index is 1700. The van der Waals surface area contributed by atoms with E-state index < -0.39 is 23.8 Å². The van der Waals surface area contributed by atoms with Crippen molar-refractivity contribution in [1.29, 1.82) is 0 Å². The monoisotopic (exact) mass is 681 g/mol. The number of carboxylic acid groups (broad SMARTS) is 1. The molecule has 258 valence electrons. The molecule has 0 fully saturated rings. The average molecular weight is 682 g/mol. The van der Waals surface area contributed by atoms with Crippen molar-refractivity contribution < 1.29 is 24.2 Å². The predicted molar refractivity (Wildman–Crippen MR) is 194 cm³/mol. The highest BCUT2D eigenvalue weighted by atomic mass is 32.1. The third-order valence-electron chi connectivity index (χ3n) is 9.19. The van der Waals surface area contributed by atoms with Gasteiger partial charge in [0.1, 0.15) is 11.8 Å². The van der Waals surface area contributed by atoms with Gasteiger partial charge in [-0.1, -0.05) is 75.9 Å². The number of hydrogen-bond donors (Lipinski definition) is 2. The van der Waals surface area contributed by atoms with Crippen LogP contribution in [0.15, 0.2) is 67.0 Å². The summed E-state index contributed by atoms with van der Waals surface area (Å²) in [4.78, 5) is 49.3. The van der Waals surface area contributed by atoms with Crippen LogP contribution >= 0.6 is 11.3 Å². The zero-order valence-electron chi connectivity index (χ0n) is 28.7. The molecule has 8 nitrogen and oxygen atoms in total. The normalized spacial score (nSPS) is 15.2. The average Bonchev–Trinajstić information content (AvgIpc) is 3.54. The number of thiophene rings is 1. The maximum absolute atomic E-state index is 13.4. The van der Waals surface area contributed by atoms with Crippen molar-refractivity contribution in [1.82, 2.24) is 15.3 Å². The molecule has 1 unspecified atom stereocenters.